The highest BCUT2D eigenvalue weighted by Gasteiger charge is 2.38. The summed E-state index contributed by atoms with van der Waals surface area (Å²) >= 11 is 0. The summed E-state index contributed by atoms with van der Waals surface area (Å²) in [6.45, 7) is 2.36. The van der Waals surface area contributed by atoms with Gasteiger partial charge in [-0.05, 0) is 31.9 Å². The highest BCUT2D eigenvalue weighted by Crippen LogP contribution is 2.35. The van der Waals surface area contributed by atoms with Gasteiger partial charge in [0.2, 0.25) is 22.0 Å². The van der Waals surface area contributed by atoms with E-state index in [1.165, 1.54) is 11.4 Å². The molecule has 0 N–H and O–H groups in total. The zero-order valence-electron chi connectivity index (χ0n) is 15.5. The quantitative estimate of drug-likeness (QED) is 0.706. The van der Waals surface area contributed by atoms with E-state index in [-0.39, 0.29) is 24.1 Å². The van der Waals surface area contributed by atoms with Gasteiger partial charge in [-0.25, -0.2) is 17.5 Å². The monoisotopic (exact) mass is 396 g/mol. The van der Waals surface area contributed by atoms with Gasteiger partial charge in [0.15, 0.2) is 0 Å². The minimum atomic E-state index is -3.24. The molecule has 1 atom stereocenters. The third-order valence-corrected chi connectivity index (χ3v) is 6.95. The van der Waals surface area contributed by atoms with Crippen molar-refractivity contribution in [2.24, 2.45) is 5.92 Å². The lowest BCUT2D eigenvalue weighted by molar-refractivity contribution is -0.148. The van der Waals surface area contributed by atoms with Crippen LogP contribution in [0.2, 0.25) is 0 Å². The molecule has 0 aromatic heterocycles. The number of nitrogens with zero attached hydrogens (tertiary/aromatic N) is 2. The lowest BCUT2D eigenvalue weighted by atomic mass is 9.95. The molecule has 1 saturated heterocycles. The van der Waals surface area contributed by atoms with Gasteiger partial charge in [-0.3, -0.25) is 4.79 Å². The maximum Gasteiger partial charge on any atom is 0.348 e. The van der Waals surface area contributed by atoms with Gasteiger partial charge in [0, 0.05) is 19.0 Å². The Hall–Kier alpha value is -2.13. The molecule has 8 nitrogen and oxygen atoms in total. The summed E-state index contributed by atoms with van der Waals surface area (Å²) in [6, 6.07) is 7.06. The van der Waals surface area contributed by atoms with Crippen molar-refractivity contribution in [3.05, 3.63) is 24.3 Å². The summed E-state index contributed by atoms with van der Waals surface area (Å²) in [6.07, 6.45) is 0.0374. The van der Waals surface area contributed by atoms with Crippen LogP contribution in [-0.2, 0) is 24.3 Å². The Kier molecular flexibility index (Phi) is 5.71. The number of carbonyl (C=O) groups is 2. The Balaban J connectivity index is 1.77. The van der Waals surface area contributed by atoms with Gasteiger partial charge in [-0.15, -0.1) is 0 Å². The SMILES string of the molecule is CCS(=O)(=O)N1CCC(C(=O)N2C[C@H](C(=O)OC)Oc3ccccc32)CC1. The van der Waals surface area contributed by atoms with E-state index in [4.69, 9.17) is 9.47 Å². The zero-order valence-corrected chi connectivity index (χ0v) is 16.3. The second-order valence-electron chi connectivity index (χ2n) is 6.62. The standard InChI is InChI=1S/C18H24N2O6S/c1-3-27(23,24)19-10-8-13(9-11-19)17(21)20-12-16(18(22)25-2)26-15-7-5-4-6-14(15)20/h4-7,13,16H,3,8-12H2,1-2H3/t16-/m1/s1. The number of rotatable bonds is 4. The molecule has 0 spiro atoms. The van der Waals surface area contributed by atoms with Crippen LogP contribution >= 0.6 is 0 Å². The van der Waals surface area contributed by atoms with Crippen molar-refractivity contribution in [1.82, 2.24) is 4.31 Å². The highest BCUT2D eigenvalue weighted by molar-refractivity contribution is 7.89. The van der Waals surface area contributed by atoms with E-state index in [0.29, 0.717) is 37.4 Å². The van der Waals surface area contributed by atoms with Crippen molar-refractivity contribution in [3.63, 3.8) is 0 Å². The van der Waals surface area contributed by atoms with Gasteiger partial charge >= 0.3 is 5.97 Å². The fourth-order valence-corrected chi connectivity index (χ4v) is 4.61. The highest BCUT2D eigenvalue weighted by atomic mass is 32.2. The Morgan fingerprint density at radius 3 is 2.52 bits per heavy atom. The first kappa shape index (κ1) is 19.6. The maximum absolute atomic E-state index is 13.1. The summed E-state index contributed by atoms with van der Waals surface area (Å²) in [5, 5.41) is 0. The molecule has 3 rings (SSSR count). The lowest BCUT2D eigenvalue weighted by Gasteiger charge is -2.37. The minimum Gasteiger partial charge on any atom is -0.475 e. The van der Waals surface area contributed by atoms with Gasteiger partial charge in [-0.1, -0.05) is 12.1 Å². The van der Waals surface area contributed by atoms with Crippen LogP contribution in [0.25, 0.3) is 0 Å². The van der Waals surface area contributed by atoms with Crippen molar-refractivity contribution in [2.45, 2.75) is 25.9 Å². The molecule has 0 unspecified atom stereocenters. The van der Waals surface area contributed by atoms with Crippen LogP contribution in [0.4, 0.5) is 5.69 Å². The molecule has 1 aromatic carbocycles. The number of piperidine rings is 1. The van der Waals surface area contributed by atoms with E-state index in [1.807, 2.05) is 0 Å². The molecule has 2 aliphatic heterocycles. The molecule has 1 aromatic rings. The van der Waals surface area contributed by atoms with Crippen molar-refractivity contribution < 1.29 is 27.5 Å². The Labute approximate surface area is 159 Å². The third-order valence-electron chi connectivity index (χ3n) is 5.07. The topological polar surface area (TPSA) is 93.2 Å². The van der Waals surface area contributed by atoms with Crippen LogP contribution in [0.5, 0.6) is 5.75 Å². The van der Waals surface area contributed by atoms with Crippen molar-refractivity contribution in [2.75, 3.05) is 37.4 Å². The van der Waals surface area contributed by atoms with Crippen LogP contribution in [0, 0.1) is 5.92 Å². The van der Waals surface area contributed by atoms with E-state index >= 15 is 0 Å². The predicted molar refractivity (Wildman–Crippen MR) is 99.0 cm³/mol. The average molecular weight is 396 g/mol. The normalized spacial score (nSPS) is 21.3. The van der Waals surface area contributed by atoms with E-state index in [2.05, 4.69) is 0 Å². The van der Waals surface area contributed by atoms with E-state index in [1.54, 1.807) is 36.1 Å². The molecule has 2 aliphatic rings. The second kappa shape index (κ2) is 7.85. The molecule has 27 heavy (non-hydrogen) atoms. The zero-order chi connectivity index (χ0) is 19.6. The molecule has 0 radical (unpaired) electrons. The predicted octanol–water partition coefficient (Wildman–Crippen LogP) is 1.02. The average Bonchev–Trinajstić information content (AvgIpc) is 2.71. The number of sulfonamides is 1. The molecule has 1 amide bonds. The Morgan fingerprint density at radius 1 is 1.22 bits per heavy atom. The van der Waals surface area contributed by atoms with Gasteiger partial charge in [-0.2, -0.15) is 0 Å². The first-order valence-corrected chi connectivity index (χ1v) is 10.6. The first-order chi connectivity index (χ1) is 12.9. The molecule has 0 aliphatic carbocycles. The first-order valence-electron chi connectivity index (χ1n) is 9.00. The van der Waals surface area contributed by atoms with Crippen LogP contribution < -0.4 is 9.64 Å². The summed E-state index contributed by atoms with van der Waals surface area (Å²) in [5.74, 6) is -0.431. The van der Waals surface area contributed by atoms with E-state index in [9.17, 15) is 18.0 Å². The number of ether oxygens (including phenoxy) is 2. The summed E-state index contributed by atoms with van der Waals surface area (Å²) < 4.78 is 35.9. The van der Waals surface area contributed by atoms with Gasteiger partial charge < -0.3 is 14.4 Å². The van der Waals surface area contributed by atoms with Gasteiger partial charge in [0.25, 0.3) is 0 Å². The molecule has 0 saturated carbocycles. The van der Waals surface area contributed by atoms with E-state index in [0.717, 1.165) is 0 Å². The number of para-hydroxylation sites is 2. The smallest absolute Gasteiger partial charge is 0.348 e. The number of methoxy groups -OCH3 is 1. The van der Waals surface area contributed by atoms with E-state index < -0.39 is 22.1 Å². The van der Waals surface area contributed by atoms with Gasteiger partial charge in [0.1, 0.15) is 5.75 Å². The summed E-state index contributed by atoms with van der Waals surface area (Å²) in [5.41, 5.74) is 0.617. The van der Waals surface area contributed by atoms with Crippen LogP contribution in [0.15, 0.2) is 24.3 Å². The van der Waals surface area contributed by atoms with Gasteiger partial charge in [0.05, 0.1) is 25.1 Å². The number of hydrogen-bond acceptors (Lipinski definition) is 6. The number of benzene rings is 1. The molecular formula is C18H24N2O6S. The molecular weight excluding hydrogens is 372 g/mol. The second-order valence-corrected chi connectivity index (χ2v) is 8.88. The molecule has 2 heterocycles. The lowest BCUT2D eigenvalue weighted by Crippen LogP contribution is -2.51. The number of carbonyl (C=O) groups excluding carboxylic acids is 2. The number of esters is 1. The van der Waals surface area contributed by atoms with Crippen LogP contribution in [-0.4, -0.2) is 63.2 Å². The fourth-order valence-electron chi connectivity index (χ4n) is 3.48. The Morgan fingerprint density at radius 2 is 1.89 bits per heavy atom. The van der Waals surface area contributed by atoms with Crippen LogP contribution in [0.1, 0.15) is 19.8 Å². The summed E-state index contributed by atoms with van der Waals surface area (Å²) in [7, 11) is -1.96. The molecule has 148 valence electrons. The summed E-state index contributed by atoms with van der Waals surface area (Å²) in [4.78, 5) is 26.7. The number of amides is 1. The molecule has 0 bridgehead atoms. The third kappa shape index (κ3) is 3.93. The fraction of sp³-hybridized carbons (Fsp3) is 0.556. The van der Waals surface area contributed by atoms with Crippen molar-refractivity contribution in [3.8, 4) is 5.75 Å². The number of hydrogen-bond donors (Lipinski definition) is 0. The van der Waals surface area contributed by atoms with Crippen LogP contribution in [0.3, 0.4) is 0 Å². The van der Waals surface area contributed by atoms with Crippen molar-refractivity contribution in [1.29, 1.82) is 0 Å². The number of fused-ring (bicyclic) bond motifs is 1. The number of anilines is 1. The maximum atomic E-state index is 13.1. The Bertz CT molecular complexity index is 817. The molecule has 1 fully saturated rings. The van der Waals surface area contributed by atoms with Crippen molar-refractivity contribution >= 4 is 27.6 Å². The molecule has 9 heteroatoms. The largest absolute Gasteiger partial charge is 0.475 e. The minimum absolute atomic E-state index is 0.0588.